The fraction of sp³-hybridized carbons (Fsp3) is 0.538. The highest BCUT2D eigenvalue weighted by Gasteiger charge is 2.32. The molecule has 1 aromatic carbocycles. The van der Waals surface area contributed by atoms with E-state index in [4.69, 9.17) is 0 Å². The van der Waals surface area contributed by atoms with Crippen LogP contribution in [0.2, 0.25) is 0 Å². The fourth-order valence-corrected chi connectivity index (χ4v) is 3.73. The predicted octanol–water partition coefficient (Wildman–Crippen LogP) is 2.48. The van der Waals surface area contributed by atoms with Gasteiger partial charge in [0.2, 0.25) is 0 Å². The molecule has 1 fully saturated rings. The van der Waals surface area contributed by atoms with E-state index in [0.29, 0.717) is 18.7 Å². The van der Waals surface area contributed by atoms with Gasteiger partial charge in [-0.25, -0.2) is 0 Å². The molecule has 0 amide bonds. The highest BCUT2D eigenvalue weighted by atomic mass is 32.2. The van der Waals surface area contributed by atoms with E-state index in [9.17, 15) is 21.6 Å². The first-order valence-corrected chi connectivity index (χ1v) is 7.98. The van der Waals surface area contributed by atoms with Crippen molar-refractivity contribution in [1.82, 2.24) is 8.61 Å². The Balaban J connectivity index is 2.14. The van der Waals surface area contributed by atoms with E-state index in [-0.39, 0.29) is 6.54 Å². The van der Waals surface area contributed by atoms with Crippen LogP contribution in [0.3, 0.4) is 0 Å². The molecular weight excluding hydrogens is 305 g/mol. The van der Waals surface area contributed by atoms with E-state index in [0.717, 1.165) is 29.3 Å². The first-order chi connectivity index (χ1) is 9.71. The minimum absolute atomic E-state index is 0.0806. The minimum atomic E-state index is -4.43. The summed E-state index contributed by atoms with van der Waals surface area (Å²) in [5.41, 5.74) is -0.456. The van der Waals surface area contributed by atoms with Crippen LogP contribution >= 0.6 is 0 Å². The van der Waals surface area contributed by atoms with Crippen LogP contribution in [0.1, 0.15) is 24.0 Å². The molecule has 0 saturated carbocycles. The molecular formula is C13H17F3N2O2S. The van der Waals surface area contributed by atoms with Crippen molar-refractivity contribution >= 4 is 10.2 Å². The molecule has 1 saturated heterocycles. The molecule has 0 radical (unpaired) electrons. The highest BCUT2D eigenvalue weighted by molar-refractivity contribution is 7.86. The van der Waals surface area contributed by atoms with Gasteiger partial charge in [0.25, 0.3) is 10.2 Å². The van der Waals surface area contributed by atoms with Crippen LogP contribution in [0.5, 0.6) is 0 Å². The van der Waals surface area contributed by atoms with E-state index in [2.05, 4.69) is 0 Å². The van der Waals surface area contributed by atoms with E-state index in [1.54, 1.807) is 0 Å². The molecule has 0 aromatic heterocycles. The number of hydrogen-bond acceptors (Lipinski definition) is 2. The quantitative estimate of drug-likeness (QED) is 0.854. The molecule has 1 aliphatic rings. The third kappa shape index (κ3) is 3.75. The van der Waals surface area contributed by atoms with Gasteiger partial charge in [0.1, 0.15) is 0 Å². The van der Waals surface area contributed by atoms with Crippen LogP contribution in [-0.2, 0) is 22.9 Å². The Labute approximate surface area is 122 Å². The summed E-state index contributed by atoms with van der Waals surface area (Å²) in [5, 5.41) is 0. The molecule has 0 N–H and O–H groups in total. The van der Waals surface area contributed by atoms with E-state index in [1.807, 2.05) is 0 Å². The second-order valence-electron chi connectivity index (χ2n) is 5.07. The molecule has 0 bridgehead atoms. The molecule has 1 heterocycles. The van der Waals surface area contributed by atoms with E-state index in [1.165, 1.54) is 23.5 Å². The Bertz CT molecular complexity index is 596. The van der Waals surface area contributed by atoms with Gasteiger partial charge in [-0.3, -0.25) is 0 Å². The first kappa shape index (κ1) is 16.3. The highest BCUT2D eigenvalue weighted by Crippen LogP contribution is 2.30. The van der Waals surface area contributed by atoms with Gasteiger partial charge in [0.15, 0.2) is 0 Å². The lowest BCUT2D eigenvalue weighted by molar-refractivity contribution is -0.137. The zero-order valence-electron chi connectivity index (χ0n) is 11.6. The summed E-state index contributed by atoms with van der Waals surface area (Å²) in [6, 6.07) is 4.73. The lowest BCUT2D eigenvalue weighted by atomic mass is 10.1. The summed E-state index contributed by atoms with van der Waals surface area (Å²) < 4.78 is 64.9. The number of rotatable bonds is 4. The minimum Gasteiger partial charge on any atom is -0.195 e. The third-order valence-electron chi connectivity index (χ3n) is 3.44. The van der Waals surface area contributed by atoms with Crippen molar-refractivity contribution in [2.45, 2.75) is 25.6 Å². The molecule has 0 spiro atoms. The van der Waals surface area contributed by atoms with Crippen LogP contribution in [0.4, 0.5) is 13.2 Å². The molecule has 2 rings (SSSR count). The van der Waals surface area contributed by atoms with Gasteiger partial charge in [-0.1, -0.05) is 18.2 Å². The van der Waals surface area contributed by atoms with Crippen LogP contribution in [-0.4, -0.2) is 37.2 Å². The summed E-state index contributed by atoms with van der Waals surface area (Å²) in [6.45, 7) is 0.854. The lowest BCUT2D eigenvalue weighted by Crippen LogP contribution is -2.39. The molecule has 8 heteroatoms. The number of hydrogen-bond donors (Lipinski definition) is 0. The number of halogens is 3. The molecule has 0 atom stereocenters. The average Bonchev–Trinajstić information content (AvgIpc) is 2.92. The first-order valence-electron chi connectivity index (χ1n) is 6.59. The standard InChI is InChI=1S/C13H17F3N2O2S/c1-17(21(19,20)18-7-2-3-8-18)10-11-5-4-6-12(9-11)13(14,15)16/h4-6,9H,2-3,7-8,10H2,1H3. The normalized spacial score (nSPS) is 17.6. The SMILES string of the molecule is CN(Cc1cccc(C(F)(F)F)c1)S(=O)(=O)N1CCCC1. The number of alkyl halides is 3. The molecule has 21 heavy (non-hydrogen) atoms. The second kappa shape index (κ2) is 5.94. The van der Waals surface area contributed by atoms with Crippen LogP contribution in [0, 0.1) is 0 Å². The lowest BCUT2D eigenvalue weighted by Gasteiger charge is -2.24. The van der Waals surface area contributed by atoms with Crippen LogP contribution in [0.25, 0.3) is 0 Å². The summed E-state index contributed by atoms with van der Waals surface area (Å²) in [6.07, 6.45) is -2.80. The van der Waals surface area contributed by atoms with Gasteiger partial charge in [-0.2, -0.15) is 30.2 Å². The molecule has 1 aliphatic heterocycles. The Morgan fingerprint density at radius 3 is 2.43 bits per heavy atom. The van der Waals surface area contributed by atoms with Crippen molar-refractivity contribution in [2.24, 2.45) is 0 Å². The maximum Gasteiger partial charge on any atom is 0.416 e. The zero-order valence-corrected chi connectivity index (χ0v) is 12.4. The topological polar surface area (TPSA) is 40.6 Å². The Kier molecular flexibility index (Phi) is 4.60. The second-order valence-corrected chi connectivity index (χ2v) is 7.10. The fourth-order valence-electron chi connectivity index (χ4n) is 2.30. The summed E-state index contributed by atoms with van der Waals surface area (Å²) in [4.78, 5) is 0. The molecule has 0 unspecified atom stereocenters. The van der Waals surface area contributed by atoms with Gasteiger partial charge in [-0.05, 0) is 24.5 Å². The van der Waals surface area contributed by atoms with Crippen LogP contribution in [0.15, 0.2) is 24.3 Å². The van der Waals surface area contributed by atoms with Crippen molar-refractivity contribution < 1.29 is 21.6 Å². The molecule has 4 nitrogen and oxygen atoms in total. The smallest absolute Gasteiger partial charge is 0.195 e. The van der Waals surface area contributed by atoms with Crippen molar-refractivity contribution in [3.63, 3.8) is 0 Å². The number of nitrogens with zero attached hydrogens (tertiary/aromatic N) is 2. The number of benzene rings is 1. The Hall–Kier alpha value is -1.12. The molecule has 118 valence electrons. The monoisotopic (exact) mass is 322 g/mol. The molecule has 0 aliphatic carbocycles. The summed E-state index contributed by atoms with van der Waals surface area (Å²) in [5.74, 6) is 0. The Morgan fingerprint density at radius 2 is 1.86 bits per heavy atom. The average molecular weight is 322 g/mol. The Morgan fingerprint density at radius 1 is 1.24 bits per heavy atom. The van der Waals surface area contributed by atoms with Crippen molar-refractivity contribution in [3.8, 4) is 0 Å². The van der Waals surface area contributed by atoms with E-state index < -0.39 is 21.9 Å². The van der Waals surface area contributed by atoms with Crippen molar-refractivity contribution in [1.29, 1.82) is 0 Å². The summed E-state index contributed by atoms with van der Waals surface area (Å²) in [7, 11) is -2.22. The van der Waals surface area contributed by atoms with Gasteiger partial charge in [0, 0.05) is 26.7 Å². The maximum atomic E-state index is 12.6. The predicted molar refractivity (Wildman–Crippen MR) is 72.6 cm³/mol. The van der Waals surface area contributed by atoms with Crippen LogP contribution < -0.4 is 0 Å². The van der Waals surface area contributed by atoms with Gasteiger partial charge in [0.05, 0.1) is 5.56 Å². The molecule has 1 aromatic rings. The van der Waals surface area contributed by atoms with Gasteiger partial charge in [-0.15, -0.1) is 0 Å². The summed E-state index contributed by atoms with van der Waals surface area (Å²) >= 11 is 0. The third-order valence-corrected chi connectivity index (χ3v) is 5.38. The maximum absolute atomic E-state index is 12.6. The van der Waals surface area contributed by atoms with Crippen molar-refractivity contribution in [3.05, 3.63) is 35.4 Å². The zero-order chi connectivity index (χ0) is 15.7. The van der Waals surface area contributed by atoms with Crippen molar-refractivity contribution in [2.75, 3.05) is 20.1 Å². The van der Waals surface area contributed by atoms with Gasteiger partial charge >= 0.3 is 6.18 Å². The van der Waals surface area contributed by atoms with Gasteiger partial charge < -0.3 is 0 Å². The largest absolute Gasteiger partial charge is 0.416 e. The van der Waals surface area contributed by atoms with E-state index >= 15 is 0 Å².